The van der Waals surface area contributed by atoms with E-state index in [0.29, 0.717) is 5.92 Å². The molecule has 3 heteroatoms. The third-order valence-electron chi connectivity index (χ3n) is 2.17. The number of piperidine rings is 1. The topological polar surface area (TPSA) is 35.5 Å². The highest BCUT2D eigenvalue weighted by Crippen LogP contribution is 2.11. The minimum atomic E-state index is -0.0985. The maximum atomic E-state index is 9.55. The molecule has 0 spiro atoms. The molecule has 66 valence electrons. The van der Waals surface area contributed by atoms with E-state index < -0.39 is 0 Å². The molecule has 0 aromatic carbocycles. The molecule has 2 N–H and O–H groups in total. The van der Waals surface area contributed by atoms with Crippen LogP contribution in [0.2, 0.25) is 0 Å². The van der Waals surface area contributed by atoms with Gasteiger partial charge in [0.15, 0.2) is 0 Å². The van der Waals surface area contributed by atoms with E-state index in [1.165, 1.54) is 0 Å². The van der Waals surface area contributed by atoms with Crippen LogP contribution in [0.25, 0.3) is 0 Å². The first kappa shape index (κ1) is 8.97. The molecule has 2 atom stereocenters. The monoisotopic (exact) mass is 158 g/mol. The number of hydrogen-bond donors (Lipinski definition) is 2. The minimum Gasteiger partial charge on any atom is -0.393 e. The average Bonchev–Trinajstić information content (AvgIpc) is 1.93. The molecule has 0 bridgehead atoms. The predicted molar refractivity (Wildman–Crippen MR) is 45.5 cm³/mol. The Labute approximate surface area is 68.4 Å². The zero-order valence-corrected chi connectivity index (χ0v) is 7.38. The van der Waals surface area contributed by atoms with Crippen LogP contribution in [0, 0.1) is 5.92 Å². The smallest absolute Gasteiger partial charge is 0.0604 e. The van der Waals surface area contributed by atoms with Crippen LogP contribution in [0.4, 0.5) is 0 Å². The molecule has 0 aromatic rings. The van der Waals surface area contributed by atoms with E-state index in [1.54, 1.807) is 0 Å². The number of aliphatic hydroxyl groups excluding tert-OH is 1. The molecule has 0 radical (unpaired) electrons. The summed E-state index contributed by atoms with van der Waals surface area (Å²) in [4.78, 5) is 2.13. The lowest BCUT2D eigenvalue weighted by Crippen LogP contribution is -2.44. The van der Waals surface area contributed by atoms with Gasteiger partial charge in [-0.1, -0.05) is 0 Å². The molecule has 2 unspecified atom stereocenters. The third kappa shape index (κ3) is 2.77. The Morgan fingerprint density at radius 2 is 2.27 bits per heavy atom. The second-order valence-corrected chi connectivity index (χ2v) is 3.58. The molecular formula is C8H18N2O. The lowest BCUT2D eigenvalue weighted by atomic mass is 9.96. The van der Waals surface area contributed by atoms with Gasteiger partial charge >= 0.3 is 0 Å². The molecule has 1 saturated heterocycles. The molecule has 11 heavy (non-hydrogen) atoms. The zero-order valence-electron chi connectivity index (χ0n) is 7.38. The van der Waals surface area contributed by atoms with Crippen LogP contribution in [0.1, 0.15) is 6.42 Å². The summed E-state index contributed by atoms with van der Waals surface area (Å²) in [5.41, 5.74) is 0. The van der Waals surface area contributed by atoms with Crippen molar-refractivity contribution in [3.05, 3.63) is 0 Å². The molecule has 1 aliphatic rings. The van der Waals surface area contributed by atoms with E-state index in [-0.39, 0.29) is 6.10 Å². The van der Waals surface area contributed by atoms with E-state index in [9.17, 15) is 5.11 Å². The van der Waals surface area contributed by atoms with Crippen molar-refractivity contribution in [3.63, 3.8) is 0 Å². The Morgan fingerprint density at radius 1 is 1.55 bits per heavy atom. The van der Waals surface area contributed by atoms with E-state index in [2.05, 4.69) is 10.2 Å². The van der Waals surface area contributed by atoms with Crippen LogP contribution < -0.4 is 5.32 Å². The van der Waals surface area contributed by atoms with Crippen LogP contribution in [0.15, 0.2) is 0 Å². The van der Waals surface area contributed by atoms with Gasteiger partial charge < -0.3 is 15.3 Å². The fourth-order valence-electron chi connectivity index (χ4n) is 1.56. The lowest BCUT2D eigenvalue weighted by molar-refractivity contribution is 0.0645. The lowest BCUT2D eigenvalue weighted by Gasteiger charge is -2.30. The highest BCUT2D eigenvalue weighted by atomic mass is 16.3. The predicted octanol–water partition coefficient (Wildman–Crippen LogP) is -0.482. The second-order valence-electron chi connectivity index (χ2n) is 3.58. The van der Waals surface area contributed by atoms with Gasteiger partial charge in [0.1, 0.15) is 0 Å². The maximum Gasteiger partial charge on any atom is 0.0604 e. The van der Waals surface area contributed by atoms with Crippen molar-refractivity contribution in [1.29, 1.82) is 0 Å². The fourth-order valence-corrected chi connectivity index (χ4v) is 1.56. The Balaban J connectivity index is 2.29. The van der Waals surface area contributed by atoms with Crippen molar-refractivity contribution in [2.24, 2.45) is 5.92 Å². The van der Waals surface area contributed by atoms with Gasteiger partial charge in [0.25, 0.3) is 0 Å². The van der Waals surface area contributed by atoms with Gasteiger partial charge in [-0.05, 0) is 27.1 Å². The summed E-state index contributed by atoms with van der Waals surface area (Å²) in [5.74, 6) is 0.416. The van der Waals surface area contributed by atoms with E-state index in [4.69, 9.17) is 0 Å². The summed E-state index contributed by atoms with van der Waals surface area (Å²) in [6.07, 6.45) is 0.803. The minimum absolute atomic E-state index is 0.0985. The Kier molecular flexibility index (Phi) is 3.30. The van der Waals surface area contributed by atoms with Crippen LogP contribution in [-0.2, 0) is 0 Å². The highest BCUT2D eigenvalue weighted by molar-refractivity contribution is 4.78. The van der Waals surface area contributed by atoms with E-state index >= 15 is 0 Å². The van der Waals surface area contributed by atoms with Crippen molar-refractivity contribution in [2.75, 3.05) is 33.7 Å². The molecular weight excluding hydrogens is 140 g/mol. The molecule has 0 aromatic heterocycles. The molecule has 0 amide bonds. The van der Waals surface area contributed by atoms with E-state index in [1.807, 2.05) is 14.1 Å². The molecule has 0 saturated carbocycles. The summed E-state index contributed by atoms with van der Waals surface area (Å²) < 4.78 is 0. The Bertz CT molecular complexity index is 117. The molecule has 3 nitrogen and oxygen atoms in total. The summed E-state index contributed by atoms with van der Waals surface area (Å²) >= 11 is 0. The maximum absolute atomic E-state index is 9.55. The summed E-state index contributed by atoms with van der Waals surface area (Å²) in [6, 6.07) is 0. The average molecular weight is 158 g/mol. The van der Waals surface area contributed by atoms with Crippen LogP contribution in [-0.4, -0.2) is 49.8 Å². The van der Waals surface area contributed by atoms with Crippen LogP contribution in [0.3, 0.4) is 0 Å². The third-order valence-corrected chi connectivity index (χ3v) is 2.17. The summed E-state index contributed by atoms with van der Waals surface area (Å²) in [7, 11) is 4.09. The van der Waals surface area contributed by atoms with Crippen molar-refractivity contribution >= 4 is 0 Å². The van der Waals surface area contributed by atoms with Crippen molar-refractivity contribution in [2.45, 2.75) is 12.5 Å². The Morgan fingerprint density at radius 3 is 2.82 bits per heavy atom. The number of nitrogens with zero attached hydrogens (tertiary/aromatic N) is 1. The first-order valence-electron chi connectivity index (χ1n) is 4.23. The van der Waals surface area contributed by atoms with Gasteiger partial charge in [0.2, 0.25) is 0 Å². The number of aliphatic hydroxyl groups is 1. The summed E-state index contributed by atoms with van der Waals surface area (Å²) in [6.45, 7) is 2.90. The number of hydrogen-bond acceptors (Lipinski definition) is 3. The standard InChI is InChI=1S/C8H18N2O/c1-10(2)6-7-5-9-4-3-8(7)11/h7-9,11H,3-6H2,1-2H3. The zero-order chi connectivity index (χ0) is 8.27. The van der Waals surface area contributed by atoms with Gasteiger partial charge in [0.05, 0.1) is 6.10 Å². The molecule has 1 heterocycles. The largest absolute Gasteiger partial charge is 0.393 e. The molecule has 1 aliphatic heterocycles. The van der Waals surface area contributed by atoms with E-state index in [0.717, 1.165) is 26.1 Å². The fraction of sp³-hybridized carbons (Fsp3) is 1.00. The number of nitrogens with one attached hydrogen (secondary N) is 1. The quantitative estimate of drug-likeness (QED) is 0.570. The first-order valence-corrected chi connectivity index (χ1v) is 4.23. The highest BCUT2D eigenvalue weighted by Gasteiger charge is 2.22. The van der Waals surface area contributed by atoms with Gasteiger partial charge in [-0.3, -0.25) is 0 Å². The van der Waals surface area contributed by atoms with Crippen molar-refractivity contribution in [3.8, 4) is 0 Å². The summed E-state index contributed by atoms with van der Waals surface area (Å²) in [5, 5.41) is 12.8. The second kappa shape index (κ2) is 4.04. The van der Waals surface area contributed by atoms with Gasteiger partial charge in [-0.25, -0.2) is 0 Å². The molecule has 0 aliphatic carbocycles. The van der Waals surface area contributed by atoms with Crippen molar-refractivity contribution in [1.82, 2.24) is 10.2 Å². The SMILES string of the molecule is CN(C)CC1CNCCC1O. The van der Waals surface area contributed by atoms with Crippen molar-refractivity contribution < 1.29 is 5.11 Å². The molecule has 1 fully saturated rings. The van der Waals surface area contributed by atoms with Gasteiger partial charge in [-0.2, -0.15) is 0 Å². The Hall–Kier alpha value is -0.120. The normalized spacial score (nSPS) is 32.7. The van der Waals surface area contributed by atoms with Gasteiger partial charge in [-0.15, -0.1) is 0 Å². The molecule has 1 rings (SSSR count). The van der Waals surface area contributed by atoms with Crippen LogP contribution >= 0.6 is 0 Å². The number of rotatable bonds is 2. The van der Waals surface area contributed by atoms with Crippen LogP contribution in [0.5, 0.6) is 0 Å². The first-order chi connectivity index (χ1) is 5.20. The van der Waals surface area contributed by atoms with Gasteiger partial charge in [0, 0.05) is 19.0 Å².